The van der Waals surface area contributed by atoms with Crippen molar-refractivity contribution in [3.05, 3.63) is 34.9 Å². The van der Waals surface area contributed by atoms with Crippen LogP contribution in [-0.2, 0) is 9.53 Å². The molecule has 6 heteroatoms. The third-order valence-electron chi connectivity index (χ3n) is 4.00. The smallest absolute Gasteiger partial charge is 0.307 e. The van der Waals surface area contributed by atoms with Crippen LogP contribution < -0.4 is 0 Å². The van der Waals surface area contributed by atoms with Crippen LogP contribution in [0.4, 0.5) is 0 Å². The lowest BCUT2D eigenvalue weighted by atomic mass is 10.2. The van der Waals surface area contributed by atoms with Gasteiger partial charge in [-0.3, -0.25) is 9.59 Å². The molecule has 134 valence electrons. The van der Waals surface area contributed by atoms with Gasteiger partial charge in [-0.05, 0) is 38.2 Å². The number of benzene rings is 1. The minimum atomic E-state index is -0.323. The fourth-order valence-corrected chi connectivity index (χ4v) is 2.69. The van der Waals surface area contributed by atoms with Gasteiger partial charge in [-0.15, -0.1) is 0 Å². The van der Waals surface area contributed by atoms with Crippen molar-refractivity contribution in [1.29, 1.82) is 0 Å². The molecule has 0 aliphatic carbocycles. The van der Waals surface area contributed by atoms with E-state index in [9.17, 15) is 9.59 Å². The second-order valence-electron chi connectivity index (χ2n) is 5.48. The monoisotopic (exact) mass is 354 g/mol. The Labute approximate surface area is 149 Å². The van der Waals surface area contributed by atoms with Crippen molar-refractivity contribution in [2.45, 2.75) is 26.7 Å². The van der Waals surface area contributed by atoms with E-state index >= 15 is 0 Å². The molecule has 0 aromatic heterocycles. The number of ether oxygens (including phenoxy) is 1. The SMILES string of the molecule is CCN(CC)CCCN(CCC(=O)OC)C(=O)c1ccccc1Cl. The number of carbonyl (C=O) groups excluding carboxylic acids is 2. The molecule has 0 fully saturated rings. The van der Waals surface area contributed by atoms with Crippen LogP contribution in [0.1, 0.15) is 37.0 Å². The summed E-state index contributed by atoms with van der Waals surface area (Å²) in [6.07, 6.45) is 1.02. The molecule has 0 atom stereocenters. The molecule has 1 aromatic carbocycles. The molecule has 5 nitrogen and oxygen atoms in total. The molecular formula is C18H27ClN2O3. The van der Waals surface area contributed by atoms with Gasteiger partial charge in [-0.1, -0.05) is 37.6 Å². The largest absolute Gasteiger partial charge is 0.469 e. The van der Waals surface area contributed by atoms with Crippen LogP contribution >= 0.6 is 11.6 Å². The Hall–Kier alpha value is -1.59. The van der Waals surface area contributed by atoms with Crippen molar-refractivity contribution < 1.29 is 14.3 Å². The number of hydrogen-bond donors (Lipinski definition) is 0. The maximum Gasteiger partial charge on any atom is 0.307 e. The highest BCUT2D eigenvalue weighted by molar-refractivity contribution is 6.33. The number of esters is 1. The Kier molecular flexibility index (Phi) is 9.42. The van der Waals surface area contributed by atoms with Gasteiger partial charge >= 0.3 is 5.97 Å². The number of hydrogen-bond acceptors (Lipinski definition) is 4. The molecule has 0 spiro atoms. The summed E-state index contributed by atoms with van der Waals surface area (Å²) < 4.78 is 4.68. The third kappa shape index (κ3) is 6.49. The Bertz CT molecular complexity index is 533. The summed E-state index contributed by atoms with van der Waals surface area (Å²) in [5, 5.41) is 0.425. The lowest BCUT2D eigenvalue weighted by Crippen LogP contribution is -2.36. The van der Waals surface area contributed by atoms with Gasteiger partial charge in [0.2, 0.25) is 0 Å². The van der Waals surface area contributed by atoms with Gasteiger partial charge in [0.1, 0.15) is 0 Å². The first-order valence-corrected chi connectivity index (χ1v) is 8.74. The van der Waals surface area contributed by atoms with Crippen LogP contribution in [-0.4, -0.2) is 61.5 Å². The average molecular weight is 355 g/mol. The summed E-state index contributed by atoms with van der Waals surface area (Å²) in [6, 6.07) is 6.98. The number of halogens is 1. The predicted molar refractivity (Wildman–Crippen MR) is 96.4 cm³/mol. The molecular weight excluding hydrogens is 328 g/mol. The number of carbonyl (C=O) groups is 2. The van der Waals surface area contributed by atoms with E-state index in [2.05, 4.69) is 23.5 Å². The quantitative estimate of drug-likeness (QED) is 0.606. The Balaban J connectivity index is 2.75. The molecule has 0 aliphatic rings. The highest BCUT2D eigenvalue weighted by Gasteiger charge is 2.19. The van der Waals surface area contributed by atoms with Gasteiger partial charge in [-0.2, -0.15) is 0 Å². The molecule has 0 saturated heterocycles. The molecule has 0 heterocycles. The Morgan fingerprint density at radius 3 is 2.33 bits per heavy atom. The van der Waals surface area contributed by atoms with Crippen molar-refractivity contribution in [3.63, 3.8) is 0 Å². The predicted octanol–water partition coefficient (Wildman–Crippen LogP) is 3.08. The minimum absolute atomic E-state index is 0.149. The highest BCUT2D eigenvalue weighted by Crippen LogP contribution is 2.17. The number of methoxy groups -OCH3 is 1. The average Bonchev–Trinajstić information content (AvgIpc) is 2.60. The maximum absolute atomic E-state index is 12.8. The van der Waals surface area contributed by atoms with E-state index in [0.29, 0.717) is 23.7 Å². The molecule has 0 unspecified atom stereocenters. The van der Waals surface area contributed by atoms with Crippen LogP contribution in [0, 0.1) is 0 Å². The maximum atomic E-state index is 12.8. The summed E-state index contributed by atoms with van der Waals surface area (Å²) in [4.78, 5) is 28.2. The normalized spacial score (nSPS) is 10.7. The van der Waals surface area contributed by atoms with Gasteiger partial charge < -0.3 is 14.5 Å². The Morgan fingerprint density at radius 2 is 1.75 bits per heavy atom. The minimum Gasteiger partial charge on any atom is -0.469 e. The van der Waals surface area contributed by atoms with E-state index in [1.54, 1.807) is 29.2 Å². The fraction of sp³-hybridized carbons (Fsp3) is 0.556. The van der Waals surface area contributed by atoms with Crippen LogP contribution in [0.3, 0.4) is 0 Å². The van der Waals surface area contributed by atoms with Crippen LogP contribution in [0.15, 0.2) is 24.3 Å². The van der Waals surface area contributed by atoms with E-state index in [-0.39, 0.29) is 18.3 Å². The summed E-state index contributed by atoms with van der Waals surface area (Å²) in [5.41, 5.74) is 0.465. The van der Waals surface area contributed by atoms with Gasteiger partial charge in [-0.25, -0.2) is 0 Å². The second-order valence-corrected chi connectivity index (χ2v) is 5.89. The van der Waals surface area contributed by atoms with Crippen LogP contribution in [0.2, 0.25) is 5.02 Å². The summed E-state index contributed by atoms with van der Waals surface area (Å²) in [7, 11) is 1.35. The zero-order chi connectivity index (χ0) is 17.9. The molecule has 0 N–H and O–H groups in total. The first-order chi connectivity index (χ1) is 11.5. The first kappa shape index (κ1) is 20.5. The van der Waals surface area contributed by atoms with Crippen molar-refractivity contribution in [2.24, 2.45) is 0 Å². The van der Waals surface area contributed by atoms with E-state index in [4.69, 9.17) is 11.6 Å². The summed E-state index contributed by atoms with van der Waals surface area (Å²) in [6.45, 7) is 8.03. The van der Waals surface area contributed by atoms with Gasteiger partial charge in [0, 0.05) is 13.1 Å². The third-order valence-corrected chi connectivity index (χ3v) is 4.33. The molecule has 0 bridgehead atoms. The molecule has 1 amide bonds. The van der Waals surface area contributed by atoms with E-state index in [1.807, 2.05) is 0 Å². The zero-order valence-electron chi connectivity index (χ0n) is 14.8. The topological polar surface area (TPSA) is 49.9 Å². The standard InChI is InChI=1S/C18H27ClN2O3/c1-4-20(5-2)12-8-13-21(14-11-17(22)24-3)18(23)15-9-6-7-10-16(15)19/h6-7,9-10H,4-5,8,11-14H2,1-3H3. The first-order valence-electron chi connectivity index (χ1n) is 8.36. The molecule has 24 heavy (non-hydrogen) atoms. The van der Waals surface area contributed by atoms with Gasteiger partial charge in [0.05, 0.1) is 24.1 Å². The van der Waals surface area contributed by atoms with Gasteiger partial charge in [0.25, 0.3) is 5.91 Å². The molecule has 1 rings (SSSR count). The van der Waals surface area contributed by atoms with Crippen molar-refractivity contribution in [2.75, 3.05) is 39.8 Å². The number of nitrogens with zero attached hydrogens (tertiary/aromatic N) is 2. The van der Waals surface area contributed by atoms with E-state index in [1.165, 1.54) is 7.11 Å². The van der Waals surface area contributed by atoms with E-state index < -0.39 is 0 Å². The number of amides is 1. The summed E-state index contributed by atoms with van der Waals surface area (Å²) >= 11 is 6.14. The van der Waals surface area contributed by atoms with E-state index in [0.717, 1.165) is 26.1 Å². The summed E-state index contributed by atoms with van der Waals surface area (Å²) in [5.74, 6) is -0.472. The Morgan fingerprint density at radius 1 is 1.08 bits per heavy atom. The van der Waals surface area contributed by atoms with Crippen molar-refractivity contribution >= 4 is 23.5 Å². The van der Waals surface area contributed by atoms with Gasteiger partial charge in [0.15, 0.2) is 0 Å². The lowest BCUT2D eigenvalue weighted by molar-refractivity contribution is -0.140. The lowest BCUT2D eigenvalue weighted by Gasteiger charge is -2.25. The fourth-order valence-electron chi connectivity index (χ4n) is 2.47. The van der Waals surface area contributed by atoms with Crippen molar-refractivity contribution in [1.82, 2.24) is 9.80 Å². The molecule has 0 aliphatic heterocycles. The molecule has 0 radical (unpaired) electrons. The van der Waals surface area contributed by atoms with Crippen molar-refractivity contribution in [3.8, 4) is 0 Å². The van der Waals surface area contributed by atoms with Crippen LogP contribution in [0.5, 0.6) is 0 Å². The second kappa shape index (κ2) is 11.0. The highest BCUT2D eigenvalue weighted by atomic mass is 35.5. The zero-order valence-corrected chi connectivity index (χ0v) is 15.5. The van der Waals surface area contributed by atoms with Crippen LogP contribution in [0.25, 0.3) is 0 Å². The number of rotatable bonds is 10. The molecule has 0 saturated carbocycles. The molecule has 1 aromatic rings.